The van der Waals surface area contributed by atoms with Crippen LogP contribution >= 0.6 is 15.9 Å². The first-order chi connectivity index (χ1) is 9.08. The molecule has 0 saturated carbocycles. The Morgan fingerprint density at radius 3 is 2.53 bits per heavy atom. The van der Waals surface area contributed by atoms with Gasteiger partial charge in [0.2, 0.25) is 6.04 Å². The van der Waals surface area contributed by atoms with Gasteiger partial charge < -0.3 is 5.32 Å². The summed E-state index contributed by atoms with van der Waals surface area (Å²) in [7, 11) is 0. The quantitative estimate of drug-likeness (QED) is 0.865. The highest BCUT2D eigenvalue weighted by molar-refractivity contribution is 9.10. The summed E-state index contributed by atoms with van der Waals surface area (Å²) >= 11 is 3.37. The van der Waals surface area contributed by atoms with Crippen molar-refractivity contribution in [3.8, 4) is 0 Å². The zero-order valence-corrected chi connectivity index (χ0v) is 12.5. The predicted octanol–water partition coefficient (Wildman–Crippen LogP) is 3.24. The smallest absolute Gasteiger partial charge is 0.293 e. The third kappa shape index (κ3) is 3.41. The number of benzene rings is 1. The number of nitrogens with zero attached hydrogens (tertiary/aromatic N) is 1. The van der Waals surface area contributed by atoms with Crippen LogP contribution in [0.25, 0.3) is 0 Å². The predicted molar refractivity (Wildman–Crippen MR) is 78.9 cm³/mol. The van der Waals surface area contributed by atoms with E-state index in [-0.39, 0.29) is 11.9 Å². The molecular weight excluding hydrogens is 304 g/mol. The Labute approximate surface area is 121 Å². The standard InChI is InChI=1S/C15H15BrN2O/c1-11-5-3-4-10-18(11)12(2)15(19)17-14-8-6-13(16)7-9-14/h3-10,12H,1-2H3/p+1/t12-/m0/s1. The molecule has 98 valence electrons. The van der Waals surface area contributed by atoms with Crippen LogP contribution in [0.5, 0.6) is 0 Å². The van der Waals surface area contributed by atoms with E-state index in [0.29, 0.717) is 0 Å². The molecule has 19 heavy (non-hydrogen) atoms. The molecule has 1 amide bonds. The Hall–Kier alpha value is -1.68. The number of halogens is 1. The number of rotatable bonds is 3. The molecular formula is C15H16BrN2O+. The van der Waals surface area contributed by atoms with E-state index < -0.39 is 0 Å². The monoisotopic (exact) mass is 319 g/mol. The summed E-state index contributed by atoms with van der Waals surface area (Å²) in [6.45, 7) is 3.88. The molecule has 0 unspecified atom stereocenters. The van der Waals surface area contributed by atoms with E-state index in [9.17, 15) is 4.79 Å². The summed E-state index contributed by atoms with van der Waals surface area (Å²) in [5.41, 5.74) is 1.86. The van der Waals surface area contributed by atoms with E-state index in [4.69, 9.17) is 0 Å². The molecule has 1 heterocycles. The van der Waals surface area contributed by atoms with Crippen LogP contribution in [-0.4, -0.2) is 5.91 Å². The van der Waals surface area contributed by atoms with Crippen LogP contribution in [-0.2, 0) is 4.79 Å². The lowest BCUT2D eigenvalue weighted by Crippen LogP contribution is -2.46. The highest BCUT2D eigenvalue weighted by atomic mass is 79.9. The van der Waals surface area contributed by atoms with E-state index in [1.165, 1.54) is 0 Å². The number of aromatic nitrogens is 1. The Morgan fingerprint density at radius 1 is 1.21 bits per heavy atom. The Bertz CT molecular complexity index is 581. The van der Waals surface area contributed by atoms with E-state index in [1.54, 1.807) is 0 Å². The first kappa shape index (κ1) is 13.7. The van der Waals surface area contributed by atoms with Crippen molar-refractivity contribution in [2.45, 2.75) is 19.9 Å². The van der Waals surface area contributed by atoms with Crippen LogP contribution in [0.3, 0.4) is 0 Å². The number of aryl methyl sites for hydroxylation is 1. The minimum Gasteiger partial charge on any atom is -0.320 e. The summed E-state index contributed by atoms with van der Waals surface area (Å²) in [4.78, 5) is 12.2. The molecule has 0 fully saturated rings. The zero-order chi connectivity index (χ0) is 13.8. The van der Waals surface area contributed by atoms with Gasteiger partial charge in [0, 0.05) is 36.1 Å². The first-order valence-corrected chi connectivity index (χ1v) is 6.90. The summed E-state index contributed by atoms with van der Waals surface area (Å²) in [5, 5.41) is 2.91. The average molecular weight is 320 g/mol. The van der Waals surface area contributed by atoms with Crippen molar-refractivity contribution in [2.24, 2.45) is 0 Å². The van der Waals surface area contributed by atoms with Crippen LogP contribution < -0.4 is 9.88 Å². The number of anilines is 1. The Balaban J connectivity index is 2.12. The van der Waals surface area contributed by atoms with Gasteiger partial charge in [-0.1, -0.05) is 22.0 Å². The second-order valence-corrected chi connectivity index (χ2v) is 5.34. The van der Waals surface area contributed by atoms with Crippen LogP contribution in [0.15, 0.2) is 53.1 Å². The van der Waals surface area contributed by atoms with E-state index in [0.717, 1.165) is 15.9 Å². The maximum absolute atomic E-state index is 12.2. The second kappa shape index (κ2) is 5.97. The fraction of sp³-hybridized carbons (Fsp3) is 0.200. The average Bonchev–Trinajstić information content (AvgIpc) is 2.41. The molecule has 2 rings (SSSR count). The maximum atomic E-state index is 12.2. The van der Waals surface area contributed by atoms with Crippen molar-refractivity contribution in [2.75, 3.05) is 5.32 Å². The van der Waals surface area contributed by atoms with Crippen molar-refractivity contribution >= 4 is 27.5 Å². The number of hydrogen-bond donors (Lipinski definition) is 1. The minimum absolute atomic E-state index is 0.0263. The molecule has 0 saturated heterocycles. The van der Waals surface area contributed by atoms with Crippen molar-refractivity contribution in [1.82, 2.24) is 0 Å². The Kier molecular flexibility index (Phi) is 4.32. The summed E-state index contributed by atoms with van der Waals surface area (Å²) in [6, 6.07) is 13.2. The zero-order valence-electron chi connectivity index (χ0n) is 10.9. The van der Waals surface area contributed by atoms with E-state index in [1.807, 2.05) is 67.1 Å². The lowest BCUT2D eigenvalue weighted by Gasteiger charge is -2.10. The van der Waals surface area contributed by atoms with Gasteiger partial charge in [0.05, 0.1) is 0 Å². The van der Waals surface area contributed by atoms with E-state index >= 15 is 0 Å². The molecule has 0 aliphatic rings. The van der Waals surface area contributed by atoms with Crippen molar-refractivity contribution in [1.29, 1.82) is 0 Å². The molecule has 1 atom stereocenters. The van der Waals surface area contributed by atoms with E-state index in [2.05, 4.69) is 21.2 Å². The minimum atomic E-state index is -0.246. The van der Waals surface area contributed by atoms with Gasteiger partial charge in [-0.2, -0.15) is 4.57 Å². The number of nitrogens with one attached hydrogen (secondary N) is 1. The largest absolute Gasteiger partial charge is 0.320 e. The number of carbonyl (C=O) groups excluding carboxylic acids is 1. The van der Waals surface area contributed by atoms with Gasteiger partial charge in [-0.25, -0.2) is 0 Å². The van der Waals surface area contributed by atoms with Gasteiger partial charge in [-0.3, -0.25) is 4.79 Å². The lowest BCUT2D eigenvalue weighted by atomic mass is 10.2. The fourth-order valence-electron chi connectivity index (χ4n) is 1.88. The number of carbonyl (C=O) groups is 1. The van der Waals surface area contributed by atoms with Gasteiger partial charge in [0.25, 0.3) is 5.91 Å². The van der Waals surface area contributed by atoms with Crippen molar-refractivity contribution < 1.29 is 9.36 Å². The number of hydrogen-bond acceptors (Lipinski definition) is 1. The third-order valence-electron chi connectivity index (χ3n) is 3.01. The molecule has 0 radical (unpaired) electrons. The molecule has 4 heteroatoms. The summed E-state index contributed by atoms with van der Waals surface area (Å²) < 4.78 is 2.95. The highest BCUT2D eigenvalue weighted by Gasteiger charge is 2.23. The first-order valence-electron chi connectivity index (χ1n) is 6.11. The van der Waals surface area contributed by atoms with Gasteiger partial charge in [-0.05, 0) is 24.3 Å². The Morgan fingerprint density at radius 2 is 1.89 bits per heavy atom. The number of pyridine rings is 1. The lowest BCUT2D eigenvalue weighted by molar-refractivity contribution is -0.711. The molecule has 1 aromatic carbocycles. The summed E-state index contributed by atoms with van der Waals surface area (Å²) in [6.07, 6.45) is 1.92. The fourth-order valence-corrected chi connectivity index (χ4v) is 2.15. The molecule has 3 nitrogen and oxygen atoms in total. The van der Waals surface area contributed by atoms with Gasteiger partial charge >= 0.3 is 0 Å². The molecule has 0 aliphatic heterocycles. The van der Waals surface area contributed by atoms with Gasteiger partial charge in [-0.15, -0.1) is 0 Å². The van der Waals surface area contributed by atoms with Crippen LogP contribution in [0.1, 0.15) is 18.7 Å². The second-order valence-electron chi connectivity index (χ2n) is 4.42. The topological polar surface area (TPSA) is 33.0 Å². The van der Waals surface area contributed by atoms with Crippen LogP contribution in [0, 0.1) is 6.92 Å². The molecule has 1 aromatic heterocycles. The van der Waals surface area contributed by atoms with Crippen molar-refractivity contribution in [3.63, 3.8) is 0 Å². The molecule has 0 bridgehead atoms. The molecule has 0 spiro atoms. The number of amides is 1. The molecule has 1 N–H and O–H groups in total. The van der Waals surface area contributed by atoms with Gasteiger partial charge in [0.15, 0.2) is 11.9 Å². The van der Waals surface area contributed by atoms with Gasteiger partial charge in [0.1, 0.15) is 0 Å². The summed E-state index contributed by atoms with van der Waals surface area (Å²) in [5.74, 6) is -0.0263. The van der Waals surface area contributed by atoms with Crippen molar-refractivity contribution in [3.05, 3.63) is 58.8 Å². The normalized spacial score (nSPS) is 11.9. The highest BCUT2D eigenvalue weighted by Crippen LogP contribution is 2.15. The van der Waals surface area contributed by atoms with Crippen LogP contribution in [0.4, 0.5) is 5.69 Å². The maximum Gasteiger partial charge on any atom is 0.293 e. The molecule has 2 aromatic rings. The third-order valence-corrected chi connectivity index (χ3v) is 3.54. The SMILES string of the molecule is Cc1cccc[n+]1[C@@H](C)C(=O)Nc1ccc(Br)cc1. The molecule has 0 aliphatic carbocycles. The van der Waals surface area contributed by atoms with Crippen LogP contribution in [0.2, 0.25) is 0 Å².